The topological polar surface area (TPSA) is 134 Å². The fraction of sp³-hybridized carbons (Fsp3) is 0.103. The summed E-state index contributed by atoms with van der Waals surface area (Å²) in [6.07, 6.45) is 5.12. The number of aromatic nitrogens is 6. The van der Waals surface area contributed by atoms with Gasteiger partial charge in [-0.15, -0.1) is 11.3 Å². The van der Waals surface area contributed by atoms with E-state index in [4.69, 9.17) is 10.7 Å². The first-order valence-corrected chi connectivity index (χ1v) is 13.3. The Bertz CT molecular complexity index is 1970. The van der Waals surface area contributed by atoms with Crippen LogP contribution in [-0.4, -0.2) is 29.1 Å². The Morgan fingerprint density at radius 2 is 1.77 bits per heavy atom. The Labute approximate surface area is 232 Å². The number of rotatable bonds is 6. The van der Waals surface area contributed by atoms with E-state index in [2.05, 4.69) is 20.3 Å². The molecule has 0 saturated carbocycles. The van der Waals surface area contributed by atoms with Gasteiger partial charge in [-0.3, -0.25) is 19.1 Å². The van der Waals surface area contributed by atoms with Crippen molar-refractivity contribution in [2.24, 2.45) is 7.05 Å². The molecule has 11 heteroatoms. The number of nitrogens with two attached hydrogens (primary N) is 1. The van der Waals surface area contributed by atoms with Crippen LogP contribution in [0.5, 0.6) is 0 Å². The highest BCUT2D eigenvalue weighted by Crippen LogP contribution is 2.32. The maximum absolute atomic E-state index is 14.3. The normalized spacial score (nSPS) is 11.9. The Morgan fingerprint density at radius 1 is 0.950 bits per heavy atom. The van der Waals surface area contributed by atoms with Crippen LogP contribution in [-0.2, 0) is 7.05 Å². The molecule has 0 aliphatic heterocycles. The highest BCUT2D eigenvalue weighted by molar-refractivity contribution is 7.13. The lowest BCUT2D eigenvalue weighted by Crippen LogP contribution is -2.28. The number of pyridine rings is 1. The molecule has 0 spiro atoms. The minimum Gasteiger partial charge on any atom is -0.368 e. The molecular formula is C29H24N8O2S. The number of hydrogen-bond donors (Lipinski definition) is 2. The SMILES string of the molecule is C[C@H](Nc1nc(N)ncc1-c1cncs1)c1nc2cccc(-c3ccc(=O)n(C)c3)c2c(=O)n1-c1ccccc1. The summed E-state index contributed by atoms with van der Waals surface area (Å²) in [6, 6.07) is 17.7. The van der Waals surface area contributed by atoms with Gasteiger partial charge in [-0.05, 0) is 42.3 Å². The number of nitrogens with one attached hydrogen (secondary N) is 1. The van der Waals surface area contributed by atoms with Gasteiger partial charge in [-0.25, -0.2) is 9.97 Å². The van der Waals surface area contributed by atoms with Gasteiger partial charge in [0.15, 0.2) is 0 Å². The van der Waals surface area contributed by atoms with Gasteiger partial charge in [0.25, 0.3) is 5.56 Å². The zero-order valence-electron chi connectivity index (χ0n) is 21.6. The van der Waals surface area contributed by atoms with Crippen molar-refractivity contribution in [3.63, 3.8) is 0 Å². The van der Waals surface area contributed by atoms with Gasteiger partial charge in [0.05, 0.1) is 38.6 Å². The number of nitrogen functional groups attached to an aromatic ring is 1. The molecule has 3 N–H and O–H groups in total. The summed E-state index contributed by atoms with van der Waals surface area (Å²) in [7, 11) is 1.68. The second-order valence-electron chi connectivity index (χ2n) is 9.23. The lowest BCUT2D eigenvalue weighted by molar-refractivity contribution is 0.731. The first-order valence-electron chi connectivity index (χ1n) is 12.5. The second kappa shape index (κ2) is 10.2. The van der Waals surface area contributed by atoms with Crippen LogP contribution in [0, 0.1) is 0 Å². The molecule has 4 aromatic heterocycles. The number of hydrogen-bond acceptors (Lipinski definition) is 9. The summed E-state index contributed by atoms with van der Waals surface area (Å²) in [5.41, 5.74) is 10.7. The molecule has 6 rings (SSSR count). The van der Waals surface area contributed by atoms with E-state index >= 15 is 0 Å². The van der Waals surface area contributed by atoms with E-state index in [9.17, 15) is 9.59 Å². The fourth-order valence-corrected chi connectivity index (χ4v) is 5.30. The lowest BCUT2D eigenvalue weighted by atomic mass is 10.0. The van der Waals surface area contributed by atoms with Gasteiger partial charge in [0.1, 0.15) is 11.6 Å². The molecule has 0 unspecified atom stereocenters. The van der Waals surface area contributed by atoms with Crippen molar-refractivity contribution in [2.75, 3.05) is 11.1 Å². The van der Waals surface area contributed by atoms with E-state index < -0.39 is 6.04 Å². The molecule has 0 bridgehead atoms. The maximum atomic E-state index is 14.3. The highest BCUT2D eigenvalue weighted by Gasteiger charge is 2.22. The van der Waals surface area contributed by atoms with Crippen molar-refractivity contribution >= 4 is 34.0 Å². The molecule has 0 aliphatic rings. The molecule has 4 heterocycles. The summed E-state index contributed by atoms with van der Waals surface area (Å²) in [6.45, 7) is 1.92. The van der Waals surface area contributed by atoms with Crippen LogP contribution in [0.3, 0.4) is 0 Å². The second-order valence-corrected chi connectivity index (χ2v) is 10.1. The van der Waals surface area contributed by atoms with Crippen LogP contribution in [0.25, 0.3) is 38.2 Å². The summed E-state index contributed by atoms with van der Waals surface area (Å²) in [5.74, 6) is 1.13. The first kappa shape index (κ1) is 25.1. The van der Waals surface area contributed by atoms with Crippen LogP contribution in [0.15, 0.2) is 94.4 Å². The van der Waals surface area contributed by atoms with Crippen molar-refractivity contribution < 1.29 is 0 Å². The van der Waals surface area contributed by atoms with Gasteiger partial charge in [-0.2, -0.15) is 4.98 Å². The number of aryl methyl sites for hydroxylation is 1. The predicted molar refractivity (Wildman–Crippen MR) is 158 cm³/mol. The van der Waals surface area contributed by atoms with Gasteiger partial charge in [-0.1, -0.05) is 30.3 Å². The van der Waals surface area contributed by atoms with Crippen molar-refractivity contribution in [1.29, 1.82) is 0 Å². The third-order valence-electron chi connectivity index (χ3n) is 6.58. The molecule has 2 aromatic carbocycles. The van der Waals surface area contributed by atoms with Crippen molar-refractivity contribution in [3.05, 3.63) is 111 Å². The molecule has 0 aliphatic carbocycles. The quantitative estimate of drug-likeness (QED) is 0.312. The third kappa shape index (κ3) is 4.52. The number of thiazole rings is 1. The standard InChI is InChI=1S/C29H24N8O2S/c1-17(33-26-21(13-32-29(30)35-26)23-14-31-16-40-23)27-34-22-10-6-9-20(18-11-12-24(38)36(2)15-18)25(22)28(39)37(27)19-7-4-3-5-8-19/h3-17H,1-2H3,(H3,30,32,33,35)/t17-/m0/s1. The van der Waals surface area contributed by atoms with Gasteiger partial charge < -0.3 is 15.6 Å². The molecule has 0 saturated heterocycles. The van der Waals surface area contributed by atoms with E-state index in [0.29, 0.717) is 33.8 Å². The van der Waals surface area contributed by atoms with E-state index in [0.717, 1.165) is 16.0 Å². The Morgan fingerprint density at radius 3 is 2.52 bits per heavy atom. The number of para-hydroxylation sites is 1. The molecular weight excluding hydrogens is 524 g/mol. The van der Waals surface area contributed by atoms with Crippen molar-refractivity contribution in [2.45, 2.75) is 13.0 Å². The fourth-order valence-electron chi connectivity index (χ4n) is 4.66. The molecule has 10 nitrogen and oxygen atoms in total. The third-order valence-corrected chi connectivity index (χ3v) is 7.39. The van der Waals surface area contributed by atoms with Crippen LogP contribution < -0.4 is 22.2 Å². The van der Waals surface area contributed by atoms with Crippen LogP contribution >= 0.6 is 11.3 Å². The van der Waals surface area contributed by atoms with Gasteiger partial charge >= 0.3 is 0 Å². The number of benzene rings is 2. The van der Waals surface area contributed by atoms with Crippen LogP contribution in [0.1, 0.15) is 18.8 Å². The Hall–Kier alpha value is -5.16. The number of nitrogens with zero attached hydrogens (tertiary/aromatic N) is 6. The highest BCUT2D eigenvalue weighted by atomic mass is 32.1. The first-order chi connectivity index (χ1) is 19.4. The Kier molecular flexibility index (Phi) is 6.40. The smallest absolute Gasteiger partial charge is 0.266 e. The van der Waals surface area contributed by atoms with Gasteiger partial charge in [0, 0.05) is 31.7 Å². The molecule has 0 fully saturated rings. The lowest BCUT2D eigenvalue weighted by Gasteiger charge is -2.21. The molecule has 0 amide bonds. The molecule has 40 heavy (non-hydrogen) atoms. The minimum atomic E-state index is -0.459. The summed E-state index contributed by atoms with van der Waals surface area (Å²) < 4.78 is 3.11. The Balaban J connectivity index is 1.56. The van der Waals surface area contributed by atoms with Crippen molar-refractivity contribution in [1.82, 2.24) is 29.1 Å². The summed E-state index contributed by atoms with van der Waals surface area (Å²) in [4.78, 5) is 45.0. The monoisotopic (exact) mass is 548 g/mol. The zero-order valence-corrected chi connectivity index (χ0v) is 22.5. The van der Waals surface area contributed by atoms with Crippen molar-refractivity contribution in [3.8, 4) is 27.3 Å². The van der Waals surface area contributed by atoms with E-state index in [1.807, 2.05) is 55.5 Å². The van der Waals surface area contributed by atoms with E-state index in [1.54, 1.807) is 41.8 Å². The zero-order chi connectivity index (χ0) is 27.8. The molecule has 198 valence electrons. The summed E-state index contributed by atoms with van der Waals surface area (Å²) >= 11 is 1.46. The molecule has 1 atom stereocenters. The van der Waals surface area contributed by atoms with E-state index in [-0.39, 0.29) is 17.1 Å². The predicted octanol–water partition coefficient (Wildman–Crippen LogP) is 4.42. The molecule has 0 radical (unpaired) electrons. The summed E-state index contributed by atoms with van der Waals surface area (Å²) in [5, 5.41) is 3.86. The maximum Gasteiger partial charge on any atom is 0.266 e. The number of fused-ring (bicyclic) bond motifs is 1. The average molecular weight is 549 g/mol. The number of anilines is 2. The minimum absolute atomic E-state index is 0.122. The molecule has 6 aromatic rings. The average Bonchev–Trinajstić information content (AvgIpc) is 3.49. The van der Waals surface area contributed by atoms with Crippen LogP contribution in [0.2, 0.25) is 0 Å². The largest absolute Gasteiger partial charge is 0.368 e. The van der Waals surface area contributed by atoms with Crippen LogP contribution in [0.4, 0.5) is 11.8 Å². The van der Waals surface area contributed by atoms with Gasteiger partial charge in [0.2, 0.25) is 11.5 Å². The van der Waals surface area contributed by atoms with E-state index in [1.165, 1.54) is 22.0 Å².